The Morgan fingerprint density at radius 1 is 1.17 bits per heavy atom. The van der Waals surface area contributed by atoms with Crippen LogP contribution in [0.4, 0.5) is 0 Å². The fourth-order valence-corrected chi connectivity index (χ4v) is 2.43. The van der Waals surface area contributed by atoms with Crippen LogP contribution in [-0.2, 0) is 14.3 Å². The van der Waals surface area contributed by atoms with Crippen molar-refractivity contribution in [3.05, 3.63) is 0 Å². The second-order valence-electron chi connectivity index (χ2n) is 5.03. The molecule has 1 saturated carbocycles. The van der Waals surface area contributed by atoms with Gasteiger partial charge in [-0.25, -0.2) is 0 Å². The molecule has 0 aromatic rings. The number of amides is 1. The molecule has 1 aliphatic heterocycles. The Kier molecular flexibility index (Phi) is 4.58. The molecule has 1 amide bonds. The van der Waals surface area contributed by atoms with Crippen LogP contribution in [0.3, 0.4) is 0 Å². The lowest BCUT2D eigenvalue weighted by Gasteiger charge is -2.37. The minimum atomic E-state index is -0.170. The second-order valence-corrected chi connectivity index (χ2v) is 5.03. The monoisotopic (exact) mass is 254 g/mol. The predicted molar refractivity (Wildman–Crippen MR) is 67.0 cm³/mol. The van der Waals surface area contributed by atoms with Crippen LogP contribution in [0.2, 0.25) is 0 Å². The number of ether oxygens (including phenoxy) is 1. The standard InChI is InChI=1S/C13H22N2O3/c1-2-18-12(16)10-14-6-8-15(9-7-14)13(17)11-4-3-5-11/h11H,2-10H2,1H3. The van der Waals surface area contributed by atoms with Crippen molar-refractivity contribution in [2.75, 3.05) is 39.3 Å². The van der Waals surface area contributed by atoms with E-state index in [1.807, 2.05) is 11.8 Å². The van der Waals surface area contributed by atoms with Gasteiger partial charge in [0.2, 0.25) is 5.91 Å². The number of rotatable bonds is 4. The lowest BCUT2D eigenvalue weighted by atomic mass is 9.84. The van der Waals surface area contributed by atoms with Crippen molar-refractivity contribution in [3.8, 4) is 0 Å². The molecule has 5 nitrogen and oxygen atoms in total. The zero-order valence-corrected chi connectivity index (χ0v) is 11.1. The van der Waals surface area contributed by atoms with Gasteiger partial charge in [0.25, 0.3) is 0 Å². The Bertz CT molecular complexity index is 307. The number of carbonyl (C=O) groups excluding carboxylic acids is 2. The SMILES string of the molecule is CCOC(=O)CN1CCN(C(=O)C2CCC2)CC1. The Balaban J connectivity index is 1.70. The van der Waals surface area contributed by atoms with Gasteiger partial charge in [0.1, 0.15) is 0 Å². The van der Waals surface area contributed by atoms with Crippen LogP contribution in [-0.4, -0.2) is 61.0 Å². The third-order valence-electron chi connectivity index (χ3n) is 3.80. The van der Waals surface area contributed by atoms with Crippen molar-refractivity contribution in [3.63, 3.8) is 0 Å². The van der Waals surface area contributed by atoms with E-state index in [2.05, 4.69) is 4.90 Å². The van der Waals surface area contributed by atoms with Gasteiger partial charge in [-0.1, -0.05) is 6.42 Å². The van der Waals surface area contributed by atoms with Crippen molar-refractivity contribution in [2.24, 2.45) is 5.92 Å². The van der Waals surface area contributed by atoms with Crippen molar-refractivity contribution < 1.29 is 14.3 Å². The van der Waals surface area contributed by atoms with Gasteiger partial charge in [-0.2, -0.15) is 0 Å². The van der Waals surface area contributed by atoms with Gasteiger partial charge in [-0.05, 0) is 19.8 Å². The van der Waals surface area contributed by atoms with E-state index >= 15 is 0 Å². The van der Waals surface area contributed by atoms with Gasteiger partial charge >= 0.3 is 5.97 Å². The lowest BCUT2D eigenvalue weighted by Crippen LogP contribution is -2.52. The Morgan fingerprint density at radius 2 is 1.83 bits per heavy atom. The molecule has 1 heterocycles. The van der Waals surface area contributed by atoms with Gasteiger partial charge in [0.05, 0.1) is 13.2 Å². The highest BCUT2D eigenvalue weighted by Crippen LogP contribution is 2.28. The van der Waals surface area contributed by atoms with E-state index in [0.29, 0.717) is 19.1 Å². The third kappa shape index (κ3) is 3.22. The maximum atomic E-state index is 12.0. The van der Waals surface area contributed by atoms with Gasteiger partial charge in [-0.15, -0.1) is 0 Å². The highest BCUT2D eigenvalue weighted by Gasteiger charge is 2.31. The molecule has 0 radical (unpaired) electrons. The Labute approximate surface area is 108 Å². The van der Waals surface area contributed by atoms with Crippen LogP contribution in [0.5, 0.6) is 0 Å². The molecular weight excluding hydrogens is 232 g/mol. The fourth-order valence-electron chi connectivity index (χ4n) is 2.43. The maximum Gasteiger partial charge on any atom is 0.320 e. The molecule has 0 unspecified atom stereocenters. The minimum absolute atomic E-state index is 0.170. The average Bonchev–Trinajstić information content (AvgIpc) is 2.27. The predicted octanol–water partition coefficient (Wildman–Crippen LogP) is 0.494. The first-order valence-electron chi connectivity index (χ1n) is 6.87. The van der Waals surface area contributed by atoms with Gasteiger partial charge in [-0.3, -0.25) is 14.5 Å². The molecule has 102 valence electrons. The van der Waals surface area contributed by atoms with E-state index in [4.69, 9.17) is 4.74 Å². The van der Waals surface area contributed by atoms with Crippen LogP contribution in [0.1, 0.15) is 26.2 Å². The smallest absolute Gasteiger partial charge is 0.320 e. The number of hydrogen-bond acceptors (Lipinski definition) is 4. The molecular formula is C13H22N2O3. The second kappa shape index (κ2) is 6.18. The van der Waals surface area contributed by atoms with Gasteiger partial charge in [0, 0.05) is 32.1 Å². The van der Waals surface area contributed by atoms with Crippen molar-refractivity contribution in [1.29, 1.82) is 0 Å². The van der Waals surface area contributed by atoms with E-state index in [9.17, 15) is 9.59 Å². The van der Waals surface area contributed by atoms with Gasteiger partial charge < -0.3 is 9.64 Å². The molecule has 0 bridgehead atoms. The molecule has 0 spiro atoms. The summed E-state index contributed by atoms with van der Waals surface area (Å²) >= 11 is 0. The maximum absolute atomic E-state index is 12.0. The van der Waals surface area contributed by atoms with E-state index < -0.39 is 0 Å². The van der Waals surface area contributed by atoms with Crippen LogP contribution in [0.15, 0.2) is 0 Å². The van der Waals surface area contributed by atoms with Crippen LogP contribution in [0, 0.1) is 5.92 Å². The number of esters is 1. The van der Waals surface area contributed by atoms with Crippen LogP contribution < -0.4 is 0 Å². The first-order chi connectivity index (χ1) is 8.70. The quantitative estimate of drug-likeness (QED) is 0.685. The lowest BCUT2D eigenvalue weighted by molar-refractivity contribution is -0.145. The zero-order valence-electron chi connectivity index (χ0n) is 11.1. The third-order valence-corrected chi connectivity index (χ3v) is 3.80. The summed E-state index contributed by atoms with van der Waals surface area (Å²) in [6.07, 6.45) is 3.31. The molecule has 0 N–H and O–H groups in total. The number of hydrogen-bond donors (Lipinski definition) is 0. The molecule has 5 heteroatoms. The molecule has 0 aromatic carbocycles. The molecule has 18 heavy (non-hydrogen) atoms. The normalized spacial score (nSPS) is 21.5. The van der Waals surface area contributed by atoms with Gasteiger partial charge in [0.15, 0.2) is 0 Å². The number of carbonyl (C=O) groups is 2. The highest BCUT2D eigenvalue weighted by atomic mass is 16.5. The molecule has 2 rings (SSSR count). The van der Waals surface area contributed by atoms with E-state index in [-0.39, 0.29) is 11.9 Å². The summed E-state index contributed by atoms with van der Waals surface area (Å²) in [6, 6.07) is 0. The summed E-state index contributed by atoms with van der Waals surface area (Å²) < 4.78 is 4.92. The first kappa shape index (κ1) is 13.3. The van der Waals surface area contributed by atoms with E-state index in [0.717, 1.165) is 39.0 Å². The summed E-state index contributed by atoms with van der Waals surface area (Å²) in [5.41, 5.74) is 0. The van der Waals surface area contributed by atoms with Crippen LogP contribution >= 0.6 is 0 Å². The average molecular weight is 254 g/mol. The zero-order chi connectivity index (χ0) is 13.0. The van der Waals surface area contributed by atoms with Crippen LogP contribution in [0.25, 0.3) is 0 Å². The van der Waals surface area contributed by atoms with E-state index in [1.165, 1.54) is 6.42 Å². The molecule has 1 aliphatic carbocycles. The fraction of sp³-hybridized carbons (Fsp3) is 0.846. The highest BCUT2D eigenvalue weighted by molar-refractivity contribution is 5.79. The summed E-state index contributed by atoms with van der Waals surface area (Å²) in [6.45, 7) is 5.63. The summed E-state index contributed by atoms with van der Waals surface area (Å²) in [5, 5.41) is 0. The number of piperazine rings is 1. The minimum Gasteiger partial charge on any atom is -0.465 e. The Hall–Kier alpha value is -1.10. The molecule has 1 saturated heterocycles. The Morgan fingerprint density at radius 3 is 2.33 bits per heavy atom. The molecule has 0 aromatic heterocycles. The summed E-state index contributed by atoms with van der Waals surface area (Å²) in [4.78, 5) is 27.4. The number of nitrogens with zero attached hydrogens (tertiary/aromatic N) is 2. The molecule has 0 atom stereocenters. The first-order valence-corrected chi connectivity index (χ1v) is 6.87. The molecule has 2 aliphatic rings. The summed E-state index contributed by atoms with van der Waals surface area (Å²) in [5.74, 6) is 0.426. The topological polar surface area (TPSA) is 49.9 Å². The van der Waals surface area contributed by atoms with Crippen molar-refractivity contribution in [2.45, 2.75) is 26.2 Å². The van der Waals surface area contributed by atoms with Crippen molar-refractivity contribution in [1.82, 2.24) is 9.80 Å². The van der Waals surface area contributed by atoms with E-state index in [1.54, 1.807) is 0 Å². The van der Waals surface area contributed by atoms with Crippen molar-refractivity contribution >= 4 is 11.9 Å². The summed E-state index contributed by atoms with van der Waals surface area (Å²) in [7, 11) is 0. The largest absolute Gasteiger partial charge is 0.465 e. The molecule has 2 fully saturated rings.